The fourth-order valence-electron chi connectivity index (χ4n) is 1.27. The first-order valence-corrected chi connectivity index (χ1v) is 9.28. The molecule has 0 rings (SSSR count). The Bertz CT molecular complexity index is 372. The van der Waals surface area contributed by atoms with Gasteiger partial charge < -0.3 is 10.0 Å². The van der Waals surface area contributed by atoms with Crippen molar-refractivity contribution in [3.05, 3.63) is 5.21 Å². The molecule has 0 heterocycles. The first-order chi connectivity index (χ1) is 10.7. The molecule has 0 saturated heterocycles. The van der Waals surface area contributed by atoms with Crippen molar-refractivity contribution in [2.75, 3.05) is 33.1 Å². The molecule has 0 fully saturated rings. The highest BCUT2D eigenvalue weighted by atomic mass is 31.2. The summed E-state index contributed by atoms with van der Waals surface area (Å²) in [6.07, 6.45) is 0. The molecule has 0 N–H and O–H groups in total. The molecular weight excluding hydrogens is 325 g/mol. The zero-order valence-electron chi connectivity index (χ0n) is 14.9. The van der Waals surface area contributed by atoms with Gasteiger partial charge in [0.25, 0.3) is 0 Å². The Morgan fingerprint density at radius 2 is 1.52 bits per heavy atom. The van der Waals surface area contributed by atoms with E-state index in [4.69, 9.17) is 18.4 Å². The van der Waals surface area contributed by atoms with E-state index in [2.05, 4.69) is 5.28 Å². The molecule has 0 atom stereocenters. The van der Waals surface area contributed by atoms with Crippen molar-refractivity contribution < 1.29 is 27.9 Å². The molecule has 0 aromatic heterocycles. The van der Waals surface area contributed by atoms with E-state index < -0.39 is 14.6 Å². The molecule has 0 aliphatic rings. The second-order valence-corrected chi connectivity index (χ2v) is 7.34. The summed E-state index contributed by atoms with van der Waals surface area (Å²) in [6.45, 7) is 12.2. The normalized spacial score (nSPS) is 13.0. The molecule has 0 radical (unpaired) electrons. The van der Waals surface area contributed by atoms with E-state index in [1.807, 2.05) is 41.5 Å². The lowest BCUT2D eigenvalue weighted by Gasteiger charge is -2.19. The predicted octanol–water partition coefficient (Wildman–Crippen LogP) is 3.56. The minimum atomic E-state index is -3.74. The van der Waals surface area contributed by atoms with Crippen LogP contribution in [0.2, 0.25) is 0 Å². The fraction of sp³-hybridized carbons (Fsp3) is 1.00. The maximum absolute atomic E-state index is 12.4. The van der Waals surface area contributed by atoms with Gasteiger partial charge in [-0.25, -0.2) is 9.09 Å². The third-order valence-electron chi connectivity index (χ3n) is 2.50. The van der Waals surface area contributed by atoms with Gasteiger partial charge >= 0.3 is 7.82 Å². The van der Waals surface area contributed by atoms with Crippen LogP contribution in [0.4, 0.5) is 0 Å². The Balaban J connectivity index is 4.48. The molecule has 0 aliphatic carbocycles. The average molecular weight is 355 g/mol. The van der Waals surface area contributed by atoms with Crippen LogP contribution >= 0.6 is 7.82 Å². The number of nitrogens with zero attached hydrogens (tertiary/aromatic N) is 3. The van der Waals surface area contributed by atoms with Crippen LogP contribution < -0.4 is 0 Å². The van der Waals surface area contributed by atoms with Crippen LogP contribution in [0.15, 0.2) is 5.28 Å². The Labute approximate surface area is 138 Å². The van der Waals surface area contributed by atoms with Crippen molar-refractivity contribution >= 4 is 7.82 Å². The molecular formula is C13H30N3O6P. The number of phosphoric acid groups is 1. The first-order valence-electron chi connectivity index (χ1n) is 7.82. The van der Waals surface area contributed by atoms with E-state index in [1.165, 1.54) is 5.01 Å². The quantitative estimate of drug-likeness (QED) is 0.124. The summed E-state index contributed by atoms with van der Waals surface area (Å²) >= 11 is 0. The summed E-state index contributed by atoms with van der Waals surface area (Å²) in [5.41, 5.74) is 0. The monoisotopic (exact) mass is 355 g/mol. The van der Waals surface area contributed by atoms with Crippen molar-refractivity contribution in [3.63, 3.8) is 0 Å². The van der Waals surface area contributed by atoms with Crippen LogP contribution in [0, 0.1) is 17.0 Å². The van der Waals surface area contributed by atoms with Gasteiger partial charge in [0.05, 0.1) is 31.3 Å². The minimum absolute atomic E-state index is 0.167. The van der Waals surface area contributed by atoms with Gasteiger partial charge in [0.2, 0.25) is 12.1 Å². The number of hydrogen-bond donors (Lipinski definition) is 0. The Morgan fingerprint density at radius 1 is 1.04 bits per heavy atom. The molecule has 0 aromatic carbocycles. The summed E-state index contributed by atoms with van der Waals surface area (Å²) in [7, 11) is -3.74. The number of hydrazine groups is 1. The van der Waals surface area contributed by atoms with Crippen LogP contribution in [0.1, 0.15) is 41.5 Å². The molecule has 0 amide bonds. The Kier molecular flexibility index (Phi) is 11.2. The van der Waals surface area contributed by atoms with Crippen LogP contribution in [-0.2, 0) is 23.0 Å². The standard InChI is InChI=1S/C13H30N3O6P/c1-7-15(8-2)16(17)14-19-11-22-23(18,20-9-12(3)4)21-10-13(5)6/h12-13H,7-11H2,1-6H3/b16-14-. The molecule has 10 heteroatoms. The lowest BCUT2D eigenvalue weighted by molar-refractivity contribution is -0.710. The van der Waals surface area contributed by atoms with E-state index in [9.17, 15) is 9.77 Å². The highest BCUT2D eigenvalue weighted by molar-refractivity contribution is 7.48. The van der Waals surface area contributed by atoms with Crippen molar-refractivity contribution in [2.24, 2.45) is 17.1 Å². The van der Waals surface area contributed by atoms with Crippen molar-refractivity contribution in [1.29, 1.82) is 0 Å². The average Bonchev–Trinajstić information content (AvgIpc) is 2.49. The third-order valence-corrected chi connectivity index (χ3v) is 3.85. The van der Waals surface area contributed by atoms with Crippen molar-refractivity contribution in [2.45, 2.75) is 41.5 Å². The van der Waals surface area contributed by atoms with Crippen LogP contribution in [-0.4, -0.2) is 43.1 Å². The second-order valence-electron chi connectivity index (χ2n) is 5.68. The number of rotatable bonds is 13. The molecule has 0 aliphatic heterocycles. The second kappa shape index (κ2) is 11.6. The maximum Gasteiger partial charge on any atom is 0.477 e. The molecule has 0 spiro atoms. The molecule has 0 unspecified atom stereocenters. The predicted molar refractivity (Wildman–Crippen MR) is 85.2 cm³/mol. The zero-order chi connectivity index (χ0) is 17.9. The molecule has 23 heavy (non-hydrogen) atoms. The van der Waals surface area contributed by atoms with Crippen LogP contribution in [0.5, 0.6) is 0 Å². The minimum Gasteiger partial charge on any atom is -0.569 e. The third kappa shape index (κ3) is 10.5. The van der Waals surface area contributed by atoms with Gasteiger partial charge in [-0.2, -0.15) is 0 Å². The summed E-state index contributed by atoms with van der Waals surface area (Å²) < 4.78 is 27.9. The van der Waals surface area contributed by atoms with Crippen LogP contribution in [0.25, 0.3) is 0 Å². The molecule has 0 bridgehead atoms. The van der Waals surface area contributed by atoms with Gasteiger partial charge in [-0.15, -0.1) is 5.01 Å². The van der Waals surface area contributed by atoms with Crippen molar-refractivity contribution in [1.82, 2.24) is 5.01 Å². The SMILES string of the molecule is CCN(CC)/[N+]([O-])=N/OCOP(=O)(OCC(C)C)OCC(C)C. The van der Waals surface area contributed by atoms with Gasteiger partial charge in [-0.05, 0) is 25.7 Å². The topological polar surface area (TPSA) is 95.7 Å². The van der Waals surface area contributed by atoms with E-state index in [-0.39, 0.29) is 25.0 Å². The highest BCUT2D eigenvalue weighted by Gasteiger charge is 2.28. The van der Waals surface area contributed by atoms with Gasteiger partial charge in [-0.3, -0.25) is 9.05 Å². The highest BCUT2D eigenvalue weighted by Crippen LogP contribution is 2.50. The summed E-state index contributed by atoms with van der Waals surface area (Å²) in [5, 5.41) is 16.2. The van der Waals surface area contributed by atoms with Crippen LogP contribution in [0.3, 0.4) is 0 Å². The summed E-state index contributed by atoms with van der Waals surface area (Å²) in [6, 6.07) is 0. The Hall–Kier alpha value is -0.890. The summed E-state index contributed by atoms with van der Waals surface area (Å²) in [5.74, 6) is 0.333. The smallest absolute Gasteiger partial charge is 0.477 e. The van der Waals surface area contributed by atoms with E-state index in [0.717, 1.165) is 0 Å². The molecule has 0 saturated carbocycles. The zero-order valence-corrected chi connectivity index (χ0v) is 15.8. The van der Waals surface area contributed by atoms with Gasteiger partial charge in [0, 0.05) is 0 Å². The maximum atomic E-state index is 12.4. The number of phosphoric ester groups is 1. The van der Waals surface area contributed by atoms with E-state index in [1.54, 1.807) is 0 Å². The van der Waals surface area contributed by atoms with Gasteiger partial charge in [-0.1, -0.05) is 27.7 Å². The largest absolute Gasteiger partial charge is 0.569 e. The molecule has 9 nitrogen and oxygen atoms in total. The van der Waals surface area contributed by atoms with E-state index in [0.29, 0.717) is 18.1 Å². The Morgan fingerprint density at radius 3 is 1.91 bits per heavy atom. The fourth-order valence-corrected chi connectivity index (χ4v) is 2.63. The number of hydrogen-bond acceptors (Lipinski definition) is 7. The molecule has 138 valence electrons. The lowest BCUT2D eigenvalue weighted by atomic mass is 10.2. The first kappa shape index (κ1) is 22.1. The molecule has 0 aromatic rings. The van der Waals surface area contributed by atoms with Crippen molar-refractivity contribution in [3.8, 4) is 0 Å². The van der Waals surface area contributed by atoms with E-state index >= 15 is 0 Å². The van der Waals surface area contributed by atoms with Gasteiger partial charge in [0.15, 0.2) is 0 Å². The van der Waals surface area contributed by atoms with Gasteiger partial charge in [0.1, 0.15) is 0 Å². The summed E-state index contributed by atoms with van der Waals surface area (Å²) in [4.78, 5) is 5.05. The lowest BCUT2D eigenvalue weighted by Crippen LogP contribution is -2.30.